The predicted molar refractivity (Wildman–Crippen MR) is 68.5 cm³/mol. The number of ether oxygens (including phenoxy) is 1. The Labute approximate surface area is 109 Å². The van der Waals surface area contributed by atoms with Crippen LogP contribution in [0.25, 0.3) is 0 Å². The standard InChI is InChI=1S/C12H16BrNO3/c1-2-3-4-5-6-17-11-10(12(15)16)7-9(13)8-14-11/h7-8H,2-6H2,1H3,(H,15,16). The van der Waals surface area contributed by atoms with Gasteiger partial charge < -0.3 is 9.84 Å². The van der Waals surface area contributed by atoms with Gasteiger partial charge in [0.1, 0.15) is 5.56 Å². The lowest BCUT2D eigenvalue weighted by Crippen LogP contribution is -2.06. The molecule has 1 N–H and O–H groups in total. The van der Waals surface area contributed by atoms with E-state index in [0.29, 0.717) is 11.1 Å². The molecule has 0 radical (unpaired) electrons. The van der Waals surface area contributed by atoms with Crippen molar-refractivity contribution in [1.82, 2.24) is 4.98 Å². The molecule has 0 spiro atoms. The number of hydrogen-bond acceptors (Lipinski definition) is 3. The van der Waals surface area contributed by atoms with Crippen LogP contribution in [0.4, 0.5) is 0 Å². The number of rotatable bonds is 7. The molecule has 0 bridgehead atoms. The van der Waals surface area contributed by atoms with Crippen molar-refractivity contribution < 1.29 is 14.6 Å². The van der Waals surface area contributed by atoms with Gasteiger partial charge in [0.05, 0.1) is 6.61 Å². The molecule has 0 amide bonds. The summed E-state index contributed by atoms with van der Waals surface area (Å²) >= 11 is 3.19. The van der Waals surface area contributed by atoms with E-state index in [2.05, 4.69) is 27.8 Å². The van der Waals surface area contributed by atoms with Gasteiger partial charge in [-0.1, -0.05) is 26.2 Å². The Morgan fingerprint density at radius 1 is 1.47 bits per heavy atom. The maximum atomic E-state index is 11.0. The minimum absolute atomic E-state index is 0.0925. The van der Waals surface area contributed by atoms with Crippen LogP contribution in [0.2, 0.25) is 0 Å². The van der Waals surface area contributed by atoms with Gasteiger partial charge in [-0.2, -0.15) is 0 Å². The first-order chi connectivity index (χ1) is 8.15. The van der Waals surface area contributed by atoms with Crippen LogP contribution < -0.4 is 4.74 Å². The lowest BCUT2D eigenvalue weighted by Gasteiger charge is -2.07. The number of pyridine rings is 1. The molecule has 5 heteroatoms. The Bertz CT molecular complexity index is 382. The van der Waals surface area contributed by atoms with Crippen LogP contribution in [0.3, 0.4) is 0 Å². The molecule has 4 nitrogen and oxygen atoms in total. The molecule has 0 aromatic carbocycles. The van der Waals surface area contributed by atoms with Gasteiger partial charge in [-0.3, -0.25) is 0 Å². The molecule has 0 saturated carbocycles. The molecule has 0 saturated heterocycles. The Morgan fingerprint density at radius 3 is 2.88 bits per heavy atom. The second kappa shape index (κ2) is 7.27. The summed E-state index contributed by atoms with van der Waals surface area (Å²) in [7, 11) is 0. The van der Waals surface area contributed by atoms with Crippen LogP contribution in [-0.4, -0.2) is 22.7 Å². The van der Waals surface area contributed by atoms with Gasteiger partial charge in [-0.05, 0) is 28.4 Å². The minimum atomic E-state index is -1.03. The minimum Gasteiger partial charge on any atom is -0.477 e. The van der Waals surface area contributed by atoms with E-state index < -0.39 is 5.97 Å². The third kappa shape index (κ3) is 4.73. The van der Waals surface area contributed by atoms with E-state index in [1.165, 1.54) is 18.7 Å². The smallest absolute Gasteiger partial charge is 0.341 e. The summed E-state index contributed by atoms with van der Waals surface area (Å²) in [5.41, 5.74) is 0.0925. The molecule has 1 aromatic rings. The summed E-state index contributed by atoms with van der Waals surface area (Å²) in [4.78, 5) is 14.9. The van der Waals surface area contributed by atoms with Crippen molar-refractivity contribution in [3.8, 4) is 5.88 Å². The maximum absolute atomic E-state index is 11.0. The van der Waals surface area contributed by atoms with E-state index in [9.17, 15) is 4.79 Å². The molecule has 17 heavy (non-hydrogen) atoms. The fraction of sp³-hybridized carbons (Fsp3) is 0.500. The van der Waals surface area contributed by atoms with E-state index in [0.717, 1.165) is 19.3 Å². The molecule has 1 rings (SSSR count). The van der Waals surface area contributed by atoms with Crippen molar-refractivity contribution in [2.24, 2.45) is 0 Å². The Kier molecular flexibility index (Phi) is 5.97. The van der Waals surface area contributed by atoms with Crippen LogP contribution in [0.5, 0.6) is 5.88 Å². The molecule has 0 aliphatic carbocycles. The highest BCUT2D eigenvalue weighted by atomic mass is 79.9. The van der Waals surface area contributed by atoms with Gasteiger partial charge in [0.15, 0.2) is 0 Å². The number of hydrogen-bond donors (Lipinski definition) is 1. The highest BCUT2D eigenvalue weighted by molar-refractivity contribution is 9.10. The Morgan fingerprint density at radius 2 is 2.24 bits per heavy atom. The number of carboxylic acids is 1. The van der Waals surface area contributed by atoms with E-state index in [4.69, 9.17) is 9.84 Å². The monoisotopic (exact) mass is 301 g/mol. The summed E-state index contributed by atoms with van der Waals surface area (Å²) in [6.45, 7) is 2.65. The van der Waals surface area contributed by atoms with Gasteiger partial charge in [0, 0.05) is 10.7 Å². The zero-order chi connectivity index (χ0) is 12.7. The van der Waals surface area contributed by atoms with E-state index in [1.807, 2.05) is 0 Å². The SMILES string of the molecule is CCCCCCOc1ncc(Br)cc1C(=O)O. The third-order valence-corrected chi connectivity index (χ3v) is 2.72. The molecule has 0 unspecified atom stereocenters. The number of unbranched alkanes of at least 4 members (excludes halogenated alkanes) is 3. The van der Waals surface area contributed by atoms with E-state index >= 15 is 0 Å². The largest absolute Gasteiger partial charge is 0.477 e. The second-order valence-electron chi connectivity index (χ2n) is 3.72. The summed E-state index contributed by atoms with van der Waals surface area (Å²) in [6.07, 6.45) is 5.88. The number of halogens is 1. The summed E-state index contributed by atoms with van der Waals surface area (Å²) in [6, 6.07) is 1.50. The van der Waals surface area contributed by atoms with E-state index in [-0.39, 0.29) is 11.4 Å². The van der Waals surface area contributed by atoms with Crippen molar-refractivity contribution in [3.63, 3.8) is 0 Å². The first kappa shape index (κ1) is 14.0. The van der Waals surface area contributed by atoms with E-state index in [1.54, 1.807) is 0 Å². The molecule has 0 fully saturated rings. The highest BCUT2D eigenvalue weighted by Gasteiger charge is 2.13. The molecule has 1 aromatic heterocycles. The molecular weight excluding hydrogens is 286 g/mol. The molecule has 94 valence electrons. The number of aromatic carboxylic acids is 1. The number of aromatic nitrogens is 1. The van der Waals surface area contributed by atoms with Crippen molar-refractivity contribution in [1.29, 1.82) is 0 Å². The number of carboxylic acid groups (broad SMARTS) is 1. The van der Waals surface area contributed by atoms with Crippen molar-refractivity contribution in [2.45, 2.75) is 32.6 Å². The summed E-state index contributed by atoms with van der Waals surface area (Å²) < 4.78 is 6.02. The van der Waals surface area contributed by atoms with Gasteiger partial charge in [-0.25, -0.2) is 9.78 Å². The Balaban J connectivity index is 2.55. The van der Waals surface area contributed by atoms with Gasteiger partial charge >= 0.3 is 5.97 Å². The van der Waals surface area contributed by atoms with Crippen LogP contribution in [-0.2, 0) is 0 Å². The summed E-state index contributed by atoms with van der Waals surface area (Å²) in [5.74, 6) is -0.834. The molecule has 1 heterocycles. The van der Waals surface area contributed by atoms with Crippen molar-refractivity contribution in [3.05, 3.63) is 22.3 Å². The van der Waals surface area contributed by atoms with Crippen molar-refractivity contribution in [2.75, 3.05) is 6.61 Å². The quantitative estimate of drug-likeness (QED) is 0.783. The first-order valence-electron chi connectivity index (χ1n) is 5.66. The number of carbonyl (C=O) groups is 1. The second-order valence-corrected chi connectivity index (χ2v) is 4.64. The zero-order valence-corrected chi connectivity index (χ0v) is 11.4. The fourth-order valence-corrected chi connectivity index (χ4v) is 1.72. The molecule has 0 atom stereocenters. The molecule has 0 aliphatic rings. The third-order valence-electron chi connectivity index (χ3n) is 2.28. The molecular formula is C12H16BrNO3. The Hall–Kier alpha value is -1.10. The first-order valence-corrected chi connectivity index (χ1v) is 6.46. The van der Waals surface area contributed by atoms with Crippen molar-refractivity contribution >= 4 is 21.9 Å². The summed E-state index contributed by atoms with van der Waals surface area (Å²) in [5, 5.41) is 8.99. The molecule has 0 aliphatic heterocycles. The van der Waals surface area contributed by atoms with Crippen LogP contribution in [0.15, 0.2) is 16.7 Å². The number of nitrogens with zero attached hydrogens (tertiary/aromatic N) is 1. The lowest BCUT2D eigenvalue weighted by atomic mass is 10.2. The average Bonchev–Trinajstić information content (AvgIpc) is 2.30. The normalized spacial score (nSPS) is 10.2. The zero-order valence-electron chi connectivity index (χ0n) is 9.78. The van der Waals surface area contributed by atoms with Crippen LogP contribution in [0, 0.1) is 0 Å². The predicted octanol–water partition coefficient (Wildman–Crippen LogP) is 3.50. The van der Waals surface area contributed by atoms with Crippen LogP contribution in [0.1, 0.15) is 43.0 Å². The average molecular weight is 302 g/mol. The fourth-order valence-electron chi connectivity index (χ4n) is 1.39. The van der Waals surface area contributed by atoms with Crippen LogP contribution >= 0.6 is 15.9 Å². The van der Waals surface area contributed by atoms with Gasteiger partial charge in [0.25, 0.3) is 0 Å². The maximum Gasteiger partial charge on any atom is 0.341 e. The lowest BCUT2D eigenvalue weighted by molar-refractivity contribution is 0.0691. The highest BCUT2D eigenvalue weighted by Crippen LogP contribution is 2.20. The topological polar surface area (TPSA) is 59.4 Å². The van der Waals surface area contributed by atoms with Gasteiger partial charge in [-0.15, -0.1) is 0 Å². The van der Waals surface area contributed by atoms with Gasteiger partial charge in [0.2, 0.25) is 5.88 Å².